The average molecular weight is 314 g/mol. The molecule has 0 aromatic heterocycles. The molecule has 0 N–H and O–H groups in total. The number of para-hydroxylation sites is 1. The van der Waals surface area contributed by atoms with Crippen LogP contribution in [0.15, 0.2) is 24.3 Å². The average Bonchev–Trinajstić information content (AvgIpc) is 2.44. The van der Waals surface area contributed by atoms with Gasteiger partial charge in [-0.2, -0.15) is 0 Å². The monoisotopic (exact) mass is 313 g/mol. The molecule has 0 bridgehead atoms. The van der Waals surface area contributed by atoms with Crippen molar-refractivity contribution < 1.29 is 9.28 Å². The van der Waals surface area contributed by atoms with E-state index in [0.717, 1.165) is 53.8 Å². The van der Waals surface area contributed by atoms with Gasteiger partial charge in [-0.1, -0.05) is 22.9 Å². The molecule has 1 aromatic carbocycles. The van der Waals surface area contributed by atoms with E-state index in [-0.39, 0.29) is 0 Å². The third-order valence-electron chi connectivity index (χ3n) is 3.52. The molecule has 0 aliphatic heterocycles. The van der Waals surface area contributed by atoms with Crippen LogP contribution in [0.1, 0.15) is 16.8 Å². The minimum atomic E-state index is 0.759. The van der Waals surface area contributed by atoms with Gasteiger partial charge in [-0.05, 0) is 12.1 Å². The fraction of sp³-hybridized carbons (Fsp3) is 0.533. The van der Waals surface area contributed by atoms with Gasteiger partial charge in [-0.3, -0.25) is 4.79 Å². The number of anilines is 1. The Morgan fingerprint density at radius 3 is 2.65 bits per heavy atom. The van der Waals surface area contributed by atoms with Crippen LogP contribution in [-0.4, -0.2) is 57.3 Å². The third kappa shape index (κ3) is 5.77. The molecule has 0 heterocycles. The van der Waals surface area contributed by atoms with E-state index in [1.54, 1.807) is 10.8 Å². The van der Waals surface area contributed by atoms with Crippen LogP contribution in [0, 0.1) is 0 Å². The summed E-state index contributed by atoms with van der Waals surface area (Å²) < 4.78 is 1.01. The van der Waals surface area contributed by atoms with Gasteiger partial charge in [0.25, 0.3) is 0 Å². The molecule has 0 saturated carbocycles. The molecular formula is C15H25N2OS2+. The fourth-order valence-electron chi connectivity index (χ4n) is 2.19. The van der Waals surface area contributed by atoms with E-state index in [9.17, 15) is 4.79 Å². The second kappa shape index (κ2) is 8.60. The number of aldehydes is 1. The van der Waals surface area contributed by atoms with Gasteiger partial charge in [0.05, 0.1) is 32.9 Å². The van der Waals surface area contributed by atoms with Crippen LogP contribution in [0.5, 0.6) is 0 Å². The maximum Gasteiger partial charge on any atom is 0.152 e. The fourth-order valence-corrected chi connectivity index (χ4v) is 3.01. The highest BCUT2D eigenvalue weighted by Gasteiger charge is 2.15. The number of rotatable bonds is 9. The summed E-state index contributed by atoms with van der Waals surface area (Å²) in [5.41, 5.74) is 1.77. The van der Waals surface area contributed by atoms with Gasteiger partial charge < -0.3 is 9.38 Å². The van der Waals surface area contributed by atoms with Gasteiger partial charge in [-0.25, -0.2) is 0 Å². The van der Waals surface area contributed by atoms with Crippen molar-refractivity contribution in [2.75, 3.05) is 51.4 Å². The molecule has 0 radical (unpaired) electrons. The number of carbonyl (C=O) groups excluding carboxylic acids is 1. The minimum Gasteiger partial charge on any atom is -0.374 e. The Hall–Kier alpha value is -0.650. The van der Waals surface area contributed by atoms with Crippen LogP contribution in [0.3, 0.4) is 0 Å². The highest BCUT2D eigenvalue weighted by atomic mass is 33.1. The zero-order valence-electron chi connectivity index (χ0n) is 12.6. The predicted molar refractivity (Wildman–Crippen MR) is 93.0 cm³/mol. The summed E-state index contributed by atoms with van der Waals surface area (Å²) in [5.74, 6) is 1.07. The van der Waals surface area contributed by atoms with Crippen molar-refractivity contribution in [3.8, 4) is 0 Å². The topological polar surface area (TPSA) is 20.3 Å². The zero-order chi connectivity index (χ0) is 15.0. The molecule has 20 heavy (non-hydrogen) atoms. The molecule has 0 saturated heterocycles. The summed E-state index contributed by atoms with van der Waals surface area (Å²) in [4.78, 5) is 13.2. The first-order valence-electron chi connectivity index (χ1n) is 6.84. The summed E-state index contributed by atoms with van der Waals surface area (Å²) in [5, 5.41) is 0. The van der Waals surface area contributed by atoms with Crippen molar-refractivity contribution >= 4 is 34.4 Å². The Balaban J connectivity index is 2.47. The number of quaternary nitrogens is 1. The van der Waals surface area contributed by atoms with Gasteiger partial charge in [0.15, 0.2) is 6.29 Å². The second-order valence-corrected chi connectivity index (χ2v) is 7.11. The van der Waals surface area contributed by atoms with Gasteiger partial charge in [-0.15, -0.1) is 11.7 Å². The lowest BCUT2D eigenvalue weighted by Gasteiger charge is -2.30. The van der Waals surface area contributed by atoms with Crippen molar-refractivity contribution in [3.63, 3.8) is 0 Å². The van der Waals surface area contributed by atoms with Gasteiger partial charge in [0.1, 0.15) is 0 Å². The second-order valence-electron chi connectivity index (χ2n) is 5.67. The van der Waals surface area contributed by atoms with E-state index >= 15 is 0 Å². The Morgan fingerprint density at radius 1 is 1.30 bits per heavy atom. The largest absolute Gasteiger partial charge is 0.374 e. The van der Waals surface area contributed by atoms with Crippen LogP contribution in [0.2, 0.25) is 0 Å². The Bertz CT molecular complexity index is 424. The lowest BCUT2D eigenvalue weighted by atomic mass is 10.2. The standard InChI is InChI=1S/C15H24N2OS2/c1-16(15-8-5-4-7-14(15)13-18)9-6-10-17(2,3)11-12-20-19/h4-5,7-8,13H,6,9-12H2,1-3H3/p+1. The molecule has 1 rings (SSSR count). The van der Waals surface area contributed by atoms with Gasteiger partial charge >= 0.3 is 0 Å². The predicted octanol–water partition coefficient (Wildman–Crippen LogP) is 2.98. The van der Waals surface area contributed by atoms with Crippen LogP contribution in [0.4, 0.5) is 5.69 Å². The lowest BCUT2D eigenvalue weighted by molar-refractivity contribution is -0.887. The summed E-state index contributed by atoms with van der Waals surface area (Å²) >= 11 is 4.19. The molecule has 0 unspecified atom stereocenters. The third-order valence-corrected chi connectivity index (χ3v) is 4.43. The maximum atomic E-state index is 11.0. The summed E-state index contributed by atoms with van der Waals surface area (Å²) in [6.07, 6.45) is 2.03. The number of carbonyl (C=O) groups is 1. The van der Waals surface area contributed by atoms with Crippen LogP contribution in [-0.2, 0) is 0 Å². The lowest BCUT2D eigenvalue weighted by Crippen LogP contribution is -2.43. The van der Waals surface area contributed by atoms with Crippen molar-refractivity contribution in [2.45, 2.75) is 6.42 Å². The number of benzene rings is 1. The molecule has 0 spiro atoms. The Kier molecular flexibility index (Phi) is 7.48. The molecule has 0 aliphatic rings. The number of thiol groups is 1. The molecule has 3 nitrogen and oxygen atoms in total. The molecular weight excluding hydrogens is 288 g/mol. The Morgan fingerprint density at radius 2 is 2.00 bits per heavy atom. The molecule has 1 aromatic rings. The summed E-state index contributed by atoms with van der Waals surface area (Å²) in [7, 11) is 8.15. The van der Waals surface area contributed by atoms with E-state index in [1.165, 1.54) is 0 Å². The van der Waals surface area contributed by atoms with Crippen LogP contribution < -0.4 is 4.90 Å². The summed E-state index contributed by atoms with van der Waals surface area (Å²) in [6.45, 7) is 3.21. The van der Waals surface area contributed by atoms with Crippen molar-refractivity contribution in [1.82, 2.24) is 0 Å². The number of nitrogens with zero attached hydrogens (tertiary/aromatic N) is 2. The van der Waals surface area contributed by atoms with E-state index in [2.05, 4.69) is 30.7 Å². The highest BCUT2D eigenvalue weighted by Crippen LogP contribution is 2.17. The first-order valence-corrected chi connectivity index (χ1v) is 8.87. The van der Waals surface area contributed by atoms with Crippen molar-refractivity contribution in [1.29, 1.82) is 0 Å². The minimum absolute atomic E-state index is 0.759. The maximum absolute atomic E-state index is 11.0. The molecule has 0 aliphatic carbocycles. The Labute approximate surface area is 131 Å². The molecule has 5 heteroatoms. The first kappa shape index (κ1) is 17.4. The van der Waals surface area contributed by atoms with Crippen molar-refractivity contribution in [2.24, 2.45) is 0 Å². The molecule has 0 amide bonds. The zero-order valence-corrected chi connectivity index (χ0v) is 14.3. The smallest absolute Gasteiger partial charge is 0.152 e. The van der Waals surface area contributed by atoms with Crippen molar-refractivity contribution in [3.05, 3.63) is 29.8 Å². The molecule has 0 fully saturated rings. The van der Waals surface area contributed by atoms with E-state index in [0.29, 0.717) is 0 Å². The summed E-state index contributed by atoms with van der Waals surface area (Å²) in [6, 6.07) is 7.74. The van der Waals surface area contributed by atoms with Gasteiger partial charge in [0, 0.05) is 31.3 Å². The highest BCUT2D eigenvalue weighted by molar-refractivity contribution is 8.68. The van der Waals surface area contributed by atoms with Crippen LogP contribution >= 0.6 is 22.5 Å². The SMILES string of the molecule is CN(CCC[N+](C)(C)CCSS)c1ccccc1C=O. The molecule has 112 valence electrons. The van der Waals surface area contributed by atoms with E-state index in [1.807, 2.05) is 31.3 Å². The molecule has 0 atom stereocenters. The number of hydrogen-bond donors (Lipinski definition) is 1. The first-order chi connectivity index (χ1) is 9.50. The van der Waals surface area contributed by atoms with Gasteiger partial charge in [0.2, 0.25) is 0 Å². The quantitative estimate of drug-likeness (QED) is 0.328. The van der Waals surface area contributed by atoms with E-state index in [4.69, 9.17) is 0 Å². The van der Waals surface area contributed by atoms with E-state index < -0.39 is 0 Å². The van der Waals surface area contributed by atoms with Crippen LogP contribution in [0.25, 0.3) is 0 Å². The number of hydrogen-bond acceptors (Lipinski definition) is 4. The normalized spacial score (nSPS) is 11.4.